The van der Waals surface area contributed by atoms with Gasteiger partial charge in [0.25, 0.3) is 0 Å². The lowest BCUT2D eigenvalue weighted by atomic mass is 10.0. The van der Waals surface area contributed by atoms with Crippen LogP contribution in [0.15, 0.2) is 0 Å². The molecule has 0 spiro atoms. The Hall–Kier alpha value is 0.200. The van der Waals surface area contributed by atoms with Crippen LogP contribution in [0.5, 0.6) is 0 Å². The Morgan fingerprint density at radius 2 is 1.94 bits per heavy atom. The summed E-state index contributed by atoms with van der Waals surface area (Å²) >= 11 is 2.46. The number of unbranched alkanes of at least 4 members (excludes halogenated alkanes) is 3. The zero-order chi connectivity index (χ0) is 12.4. The second-order valence-corrected chi connectivity index (χ2v) is 6.10. The summed E-state index contributed by atoms with van der Waals surface area (Å²) < 4.78 is 5.61. The number of carbonyl (C=O) groups excluding carboxylic acids is 1. The summed E-state index contributed by atoms with van der Waals surface area (Å²) in [5.41, 5.74) is 0. The van der Waals surface area contributed by atoms with Gasteiger partial charge in [-0.25, -0.2) is 0 Å². The predicted molar refractivity (Wildman–Crippen MR) is 77.0 cm³/mol. The number of hydrogen-bond donors (Lipinski definition) is 0. The molecule has 2 nitrogen and oxygen atoms in total. The van der Waals surface area contributed by atoms with Gasteiger partial charge in [0.15, 0.2) is 0 Å². The van der Waals surface area contributed by atoms with Crippen molar-refractivity contribution in [3.05, 3.63) is 0 Å². The number of rotatable bonds is 9. The number of hydrogen-bond acceptors (Lipinski definition) is 2. The molecular weight excluding hydrogens is 315 g/mol. The highest BCUT2D eigenvalue weighted by Crippen LogP contribution is 2.21. The van der Waals surface area contributed by atoms with Crippen molar-refractivity contribution in [2.75, 3.05) is 6.61 Å². The van der Waals surface area contributed by atoms with Gasteiger partial charge in [-0.1, -0.05) is 62.1 Å². The van der Waals surface area contributed by atoms with Gasteiger partial charge in [-0.05, 0) is 19.8 Å². The van der Waals surface area contributed by atoms with E-state index in [1.165, 1.54) is 32.1 Å². The second kappa shape index (κ2) is 10.4. The molecule has 0 N–H and O–H groups in total. The maximum absolute atomic E-state index is 11.4. The molecule has 2 unspecified atom stereocenters. The quantitative estimate of drug-likeness (QED) is 0.270. The van der Waals surface area contributed by atoms with E-state index in [1.807, 2.05) is 13.8 Å². The molecule has 0 saturated carbocycles. The number of ether oxygens (including phenoxy) is 1. The zero-order valence-electron chi connectivity index (χ0n) is 10.8. The van der Waals surface area contributed by atoms with Crippen LogP contribution in [0, 0.1) is 5.92 Å². The number of carbonyl (C=O) groups is 1. The summed E-state index contributed by atoms with van der Waals surface area (Å²) in [6.07, 6.45) is 7.40. The Bertz CT molecular complexity index is 183. The molecule has 0 bridgehead atoms. The van der Waals surface area contributed by atoms with E-state index in [0.29, 0.717) is 10.5 Å². The summed E-state index contributed by atoms with van der Waals surface area (Å²) in [5.74, 6) is 0.00532. The number of esters is 1. The minimum absolute atomic E-state index is 0.0438. The van der Waals surface area contributed by atoms with Crippen LogP contribution in [0.1, 0.15) is 59.3 Å². The first kappa shape index (κ1) is 16.2. The molecule has 2 atom stereocenters. The third kappa shape index (κ3) is 8.36. The summed E-state index contributed by atoms with van der Waals surface area (Å²) in [4.78, 5) is 11.4. The normalized spacial score (nSPS) is 14.5. The van der Waals surface area contributed by atoms with Crippen LogP contribution in [0.3, 0.4) is 0 Å². The van der Waals surface area contributed by atoms with E-state index in [-0.39, 0.29) is 11.9 Å². The first-order valence-electron chi connectivity index (χ1n) is 6.42. The Labute approximate surface area is 114 Å². The molecule has 0 aromatic carbocycles. The lowest BCUT2D eigenvalue weighted by molar-refractivity contribution is -0.147. The highest BCUT2D eigenvalue weighted by molar-refractivity contribution is 14.1. The highest BCUT2D eigenvalue weighted by Gasteiger charge is 2.17. The van der Waals surface area contributed by atoms with Gasteiger partial charge in [0, 0.05) is 3.92 Å². The van der Waals surface area contributed by atoms with Crippen molar-refractivity contribution in [3.8, 4) is 0 Å². The summed E-state index contributed by atoms with van der Waals surface area (Å²) in [6, 6.07) is 0. The van der Waals surface area contributed by atoms with Crippen LogP contribution in [-0.4, -0.2) is 16.5 Å². The molecular formula is C13H25IO2. The monoisotopic (exact) mass is 340 g/mol. The SMILES string of the molecule is CCCCCCC(I)CC(C)C(=O)OCC. The zero-order valence-corrected chi connectivity index (χ0v) is 13.0. The van der Waals surface area contributed by atoms with Gasteiger partial charge in [0.2, 0.25) is 0 Å². The fourth-order valence-corrected chi connectivity index (χ4v) is 2.88. The molecule has 0 aliphatic rings. The van der Waals surface area contributed by atoms with Crippen LogP contribution in [-0.2, 0) is 9.53 Å². The van der Waals surface area contributed by atoms with Crippen molar-refractivity contribution >= 4 is 28.6 Å². The van der Waals surface area contributed by atoms with E-state index < -0.39 is 0 Å². The van der Waals surface area contributed by atoms with Crippen molar-refractivity contribution in [2.45, 2.75) is 63.2 Å². The van der Waals surface area contributed by atoms with Crippen molar-refractivity contribution < 1.29 is 9.53 Å². The molecule has 3 heteroatoms. The van der Waals surface area contributed by atoms with Crippen molar-refractivity contribution in [1.29, 1.82) is 0 Å². The summed E-state index contributed by atoms with van der Waals surface area (Å²) in [7, 11) is 0. The van der Waals surface area contributed by atoms with Gasteiger partial charge < -0.3 is 4.74 Å². The molecule has 96 valence electrons. The van der Waals surface area contributed by atoms with Gasteiger partial charge in [-0.3, -0.25) is 4.79 Å². The molecule has 0 aromatic heterocycles. The molecule has 0 rings (SSSR count). The fraction of sp³-hybridized carbons (Fsp3) is 0.923. The molecule has 0 saturated heterocycles. The minimum atomic E-state index is -0.0438. The van der Waals surface area contributed by atoms with E-state index in [0.717, 1.165) is 6.42 Å². The van der Waals surface area contributed by atoms with Crippen LogP contribution in [0.4, 0.5) is 0 Å². The lowest BCUT2D eigenvalue weighted by Crippen LogP contribution is -2.18. The third-order valence-electron chi connectivity index (χ3n) is 2.67. The number of halogens is 1. The maximum atomic E-state index is 11.4. The van der Waals surface area contributed by atoms with E-state index in [1.54, 1.807) is 0 Å². The maximum Gasteiger partial charge on any atom is 0.308 e. The van der Waals surface area contributed by atoms with Crippen molar-refractivity contribution in [1.82, 2.24) is 0 Å². The average Bonchev–Trinajstić information content (AvgIpc) is 2.24. The summed E-state index contributed by atoms with van der Waals surface area (Å²) in [6.45, 7) is 6.54. The molecule has 0 aromatic rings. The highest BCUT2D eigenvalue weighted by atomic mass is 127. The van der Waals surface area contributed by atoms with Gasteiger partial charge in [-0.2, -0.15) is 0 Å². The van der Waals surface area contributed by atoms with Crippen LogP contribution in [0.2, 0.25) is 0 Å². The van der Waals surface area contributed by atoms with Gasteiger partial charge in [-0.15, -0.1) is 0 Å². The van der Waals surface area contributed by atoms with Gasteiger partial charge in [0.05, 0.1) is 12.5 Å². The standard InChI is InChI=1S/C13H25IO2/c1-4-6-7-8-9-12(14)10-11(3)13(15)16-5-2/h11-12H,4-10H2,1-3H3. The van der Waals surface area contributed by atoms with Crippen LogP contribution < -0.4 is 0 Å². The van der Waals surface area contributed by atoms with Gasteiger partial charge in [0.1, 0.15) is 0 Å². The molecule has 0 heterocycles. The predicted octanol–water partition coefficient (Wildman–Crippen LogP) is 4.35. The first-order chi connectivity index (χ1) is 7.61. The van der Waals surface area contributed by atoms with E-state index in [4.69, 9.17) is 4.74 Å². The third-order valence-corrected chi connectivity index (χ3v) is 3.80. The Kier molecular flexibility index (Phi) is 10.5. The van der Waals surface area contributed by atoms with E-state index in [2.05, 4.69) is 29.5 Å². The molecule has 0 amide bonds. The minimum Gasteiger partial charge on any atom is -0.466 e. The molecule has 0 aliphatic heterocycles. The fourth-order valence-electron chi connectivity index (χ4n) is 1.67. The Morgan fingerprint density at radius 1 is 1.25 bits per heavy atom. The second-order valence-electron chi connectivity index (χ2n) is 4.34. The molecule has 0 aliphatic carbocycles. The van der Waals surface area contributed by atoms with Crippen molar-refractivity contribution in [3.63, 3.8) is 0 Å². The largest absolute Gasteiger partial charge is 0.466 e. The van der Waals surface area contributed by atoms with Crippen LogP contribution >= 0.6 is 22.6 Å². The average molecular weight is 340 g/mol. The van der Waals surface area contributed by atoms with E-state index in [9.17, 15) is 4.79 Å². The van der Waals surface area contributed by atoms with Crippen LogP contribution in [0.25, 0.3) is 0 Å². The smallest absolute Gasteiger partial charge is 0.308 e. The van der Waals surface area contributed by atoms with Crippen molar-refractivity contribution in [2.24, 2.45) is 5.92 Å². The van der Waals surface area contributed by atoms with Gasteiger partial charge >= 0.3 is 5.97 Å². The Balaban J connectivity index is 3.60. The first-order valence-corrected chi connectivity index (χ1v) is 7.67. The summed E-state index contributed by atoms with van der Waals surface area (Å²) in [5, 5.41) is 0. The Morgan fingerprint density at radius 3 is 2.50 bits per heavy atom. The lowest BCUT2D eigenvalue weighted by Gasteiger charge is -2.14. The topological polar surface area (TPSA) is 26.3 Å². The van der Waals surface area contributed by atoms with E-state index >= 15 is 0 Å². The molecule has 0 radical (unpaired) electrons. The number of alkyl halides is 1. The molecule has 0 fully saturated rings. The molecule has 16 heavy (non-hydrogen) atoms.